The first-order valence-corrected chi connectivity index (χ1v) is 13.1. The zero-order chi connectivity index (χ0) is 22.2. The fourth-order valence-corrected chi connectivity index (χ4v) is 6.91. The van der Waals surface area contributed by atoms with Gasteiger partial charge in [-0.15, -0.1) is 0 Å². The highest BCUT2D eigenvalue weighted by molar-refractivity contribution is 7.89. The third kappa shape index (κ3) is 4.31. The molecule has 5 rings (SSSR count). The summed E-state index contributed by atoms with van der Waals surface area (Å²) in [5.41, 5.74) is 1.11. The van der Waals surface area contributed by atoms with Gasteiger partial charge in [0.1, 0.15) is 0 Å². The van der Waals surface area contributed by atoms with Crippen LogP contribution >= 0.6 is 11.6 Å². The highest BCUT2D eigenvalue weighted by atomic mass is 35.5. The number of anilines is 2. The summed E-state index contributed by atoms with van der Waals surface area (Å²) < 4.78 is 27.9. The Hall–Kier alpha value is -1.94. The molecule has 0 aliphatic carbocycles. The first-order chi connectivity index (χ1) is 15.5. The Bertz CT molecular complexity index is 1060. The topological polar surface area (TPSA) is 81.7 Å². The number of halogens is 1. The summed E-state index contributed by atoms with van der Waals surface area (Å²) in [7, 11) is -3.61. The Morgan fingerprint density at radius 1 is 1.03 bits per heavy atom. The van der Waals surface area contributed by atoms with Crippen LogP contribution in [0.5, 0.6) is 0 Å². The van der Waals surface area contributed by atoms with Crippen LogP contribution < -0.4 is 10.2 Å². The lowest BCUT2D eigenvalue weighted by molar-refractivity contribution is 0.194. The van der Waals surface area contributed by atoms with Gasteiger partial charge in [-0.05, 0) is 56.6 Å². The van der Waals surface area contributed by atoms with E-state index in [2.05, 4.69) is 20.2 Å². The highest BCUT2D eigenvalue weighted by Crippen LogP contribution is 2.40. The predicted octanol–water partition coefficient (Wildman–Crippen LogP) is 2.54. The molecule has 3 aliphatic rings. The van der Waals surface area contributed by atoms with Crippen LogP contribution in [0.25, 0.3) is 0 Å². The molecule has 1 aromatic carbocycles. The second kappa shape index (κ2) is 8.78. The maximum absolute atomic E-state index is 13.2. The van der Waals surface area contributed by atoms with E-state index < -0.39 is 10.0 Å². The van der Waals surface area contributed by atoms with Gasteiger partial charge in [0.25, 0.3) is 0 Å². The van der Waals surface area contributed by atoms with E-state index in [0.29, 0.717) is 42.6 Å². The molecule has 2 aromatic rings. The van der Waals surface area contributed by atoms with Crippen molar-refractivity contribution in [3.8, 4) is 0 Å². The number of benzene rings is 1. The van der Waals surface area contributed by atoms with Crippen molar-refractivity contribution < 1.29 is 8.42 Å². The number of hydrogen-bond donors (Lipinski definition) is 1. The minimum Gasteiger partial charge on any atom is -0.383 e. The quantitative estimate of drug-likeness (QED) is 0.686. The number of nitrogens with zero attached hydrogens (tertiary/aromatic N) is 5. The van der Waals surface area contributed by atoms with Crippen molar-refractivity contribution in [2.45, 2.75) is 24.2 Å². The molecule has 1 aromatic heterocycles. The molecule has 0 spiro atoms. The lowest BCUT2D eigenvalue weighted by Gasteiger charge is -2.34. The second-order valence-electron chi connectivity index (χ2n) is 9.06. The number of hydrogen-bond acceptors (Lipinski definition) is 7. The number of piperidine rings is 1. The molecular weight excluding hydrogens is 448 g/mol. The average molecular weight is 477 g/mol. The van der Waals surface area contributed by atoms with Crippen molar-refractivity contribution >= 4 is 33.3 Å². The van der Waals surface area contributed by atoms with E-state index in [4.69, 9.17) is 11.6 Å². The van der Waals surface area contributed by atoms with Crippen molar-refractivity contribution in [3.05, 3.63) is 41.7 Å². The number of aromatic nitrogens is 2. The minimum atomic E-state index is -3.61. The molecule has 4 heterocycles. The lowest BCUT2D eigenvalue weighted by atomic mass is 9.81. The van der Waals surface area contributed by atoms with Crippen molar-refractivity contribution in [1.29, 1.82) is 0 Å². The van der Waals surface area contributed by atoms with Crippen LogP contribution in [0.4, 0.5) is 11.6 Å². The standard InChI is InChI=1S/C22H29ClN6O2S/c23-19-15-18(3-4-20(19)26-16-22-5-1-9-27(17-22)10-6-22)32(30,31)29-13-11-28(12-14-29)21-24-7-2-8-25-21/h2-4,7-8,15,26H,1,5-6,9-14,16-17H2. The molecule has 32 heavy (non-hydrogen) atoms. The molecule has 0 amide bonds. The third-order valence-corrected chi connectivity index (χ3v) is 9.21. The first-order valence-electron chi connectivity index (χ1n) is 11.2. The van der Waals surface area contributed by atoms with Crippen LogP contribution in [-0.4, -0.2) is 79.9 Å². The van der Waals surface area contributed by atoms with E-state index >= 15 is 0 Å². The normalized spacial score (nSPS) is 26.3. The molecule has 3 saturated heterocycles. The molecule has 3 fully saturated rings. The molecule has 10 heteroatoms. The molecule has 3 aliphatic heterocycles. The number of rotatable bonds is 6. The Labute approximate surface area is 194 Å². The summed E-state index contributed by atoms with van der Waals surface area (Å²) in [5, 5.41) is 3.94. The van der Waals surface area contributed by atoms with Crippen LogP contribution in [0.2, 0.25) is 5.02 Å². The van der Waals surface area contributed by atoms with Crippen molar-refractivity contribution in [1.82, 2.24) is 19.2 Å². The Morgan fingerprint density at radius 2 is 1.81 bits per heavy atom. The predicted molar refractivity (Wildman–Crippen MR) is 126 cm³/mol. The molecule has 172 valence electrons. The van der Waals surface area contributed by atoms with Gasteiger partial charge < -0.3 is 15.1 Å². The minimum absolute atomic E-state index is 0.236. The van der Waals surface area contributed by atoms with Gasteiger partial charge in [0.05, 0.1) is 15.6 Å². The van der Waals surface area contributed by atoms with Gasteiger partial charge in [-0.3, -0.25) is 0 Å². The summed E-state index contributed by atoms with van der Waals surface area (Å²) in [5.74, 6) is 0.630. The zero-order valence-electron chi connectivity index (χ0n) is 18.1. The number of fused-ring (bicyclic) bond motifs is 2. The van der Waals surface area contributed by atoms with Gasteiger partial charge >= 0.3 is 0 Å². The lowest BCUT2D eigenvalue weighted by Crippen LogP contribution is -2.49. The van der Waals surface area contributed by atoms with E-state index in [1.54, 1.807) is 36.7 Å². The van der Waals surface area contributed by atoms with Gasteiger partial charge in [-0.1, -0.05) is 11.6 Å². The number of sulfonamides is 1. The molecular formula is C22H29ClN6O2S. The summed E-state index contributed by atoms with van der Waals surface area (Å²) >= 11 is 6.51. The summed E-state index contributed by atoms with van der Waals surface area (Å²) in [4.78, 5) is 13.3. The second-order valence-corrected chi connectivity index (χ2v) is 11.4. The molecule has 1 N–H and O–H groups in total. The average Bonchev–Trinajstić information content (AvgIpc) is 3.12. The van der Waals surface area contributed by atoms with Crippen LogP contribution in [0, 0.1) is 5.41 Å². The Kier molecular flexibility index (Phi) is 6.00. The van der Waals surface area contributed by atoms with E-state index in [0.717, 1.165) is 18.8 Å². The van der Waals surface area contributed by atoms with Crippen LogP contribution in [-0.2, 0) is 10.0 Å². The van der Waals surface area contributed by atoms with Gasteiger partial charge in [-0.25, -0.2) is 18.4 Å². The monoisotopic (exact) mass is 476 g/mol. The van der Waals surface area contributed by atoms with Gasteiger partial charge in [0.2, 0.25) is 16.0 Å². The molecule has 0 radical (unpaired) electrons. The van der Waals surface area contributed by atoms with Crippen LogP contribution in [0.15, 0.2) is 41.6 Å². The highest BCUT2D eigenvalue weighted by Gasteiger charge is 2.40. The number of nitrogens with one attached hydrogen (secondary N) is 1. The summed E-state index contributed by atoms with van der Waals surface area (Å²) in [6.07, 6.45) is 7.08. The van der Waals surface area contributed by atoms with Gasteiger partial charge in [0.15, 0.2) is 0 Å². The van der Waals surface area contributed by atoms with Crippen molar-refractivity contribution in [3.63, 3.8) is 0 Å². The van der Waals surface area contributed by atoms with E-state index in [1.807, 2.05) is 4.90 Å². The molecule has 0 saturated carbocycles. The van der Waals surface area contributed by atoms with Crippen LogP contribution in [0.3, 0.4) is 0 Å². The first kappa shape index (κ1) is 21.9. The molecule has 8 nitrogen and oxygen atoms in total. The fourth-order valence-electron chi connectivity index (χ4n) is 5.15. The Morgan fingerprint density at radius 3 is 2.56 bits per heavy atom. The van der Waals surface area contributed by atoms with E-state index in [1.165, 1.54) is 36.7 Å². The fraction of sp³-hybridized carbons (Fsp3) is 0.545. The molecule has 2 unspecified atom stereocenters. The maximum atomic E-state index is 13.2. The van der Waals surface area contributed by atoms with E-state index in [9.17, 15) is 8.42 Å². The van der Waals surface area contributed by atoms with Gasteiger partial charge in [0, 0.05) is 57.1 Å². The SMILES string of the molecule is O=S(=O)(c1ccc(NCC23CCCN(CC2)C3)c(Cl)c1)N1CCN(c2ncccn2)CC1. The van der Waals surface area contributed by atoms with Crippen molar-refractivity contribution in [2.24, 2.45) is 5.41 Å². The maximum Gasteiger partial charge on any atom is 0.243 e. The molecule has 2 bridgehead atoms. The summed E-state index contributed by atoms with van der Waals surface area (Å²) in [6.45, 7) is 6.28. The molecule has 2 atom stereocenters. The summed E-state index contributed by atoms with van der Waals surface area (Å²) in [6, 6.07) is 6.81. The van der Waals surface area contributed by atoms with Crippen LogP contribution in [0.1, 0.15) is 19.3 Å². The largest absolute Gasteiger partial charge is 0.383 e. The van der Waals surface area contributed by atoms with E-state index in [-0.39, 0.29) is 4.90 Å². The third-order valence-electron chi connectivity index (χ3n) is 7.00. The Balaban J connectivity index is 1.23. The number of piperazine rings is 1. The van der Waals surface area contributed by atoms with Crippen molar-refractivity contribution in [2.75, 3.05) is 62.6 Å². The smallest absolute Gasteiger partial charge is 0.243 e. The zero-order valence-corrected chi connectivity index (χ0v) is 19.7. The van der Waals surface area contributed by atoms with Gasteiger partial charge in [-0.2, -0.15) is 4.31 Å².